The summed E-state index contributed by atoms with van der Waals surface area (Å²) in [5.74, 6) is 0.785. The Labute approximate surface area is 103 Å². The second kappa shape index (κ2) is 3.75. The van der Waals surface area contributed by atoms with E-state index in [0.29, 0.717) is 10.8 Å². The van der Waals surface area contributed by atoms with Gasteiger partial charge in [0.2, 0.25) is 0 Å². The lowest BCUT2D eigenvalue weighted by Gasteiger charge is -2.01. The van der Waals surface area contributed by atoms with E-state index in [4.69, 9.17) is 17.3 Å². The molecule has 0 unspecified atom stereocenters. The number of halogens is 1. The number of imidazole rings is 1. The van der Waals surface area contributed by atoms with E-state index in [9.17, 15) is 0 Å². The van der Waals surface area contributed by atoms with Crippen LogP contribution in [0, 0.1) is 0 Å². The Morgan fingerprint density at radius 2 is 1.94 bits per heavy atom. The summed E-state index contributed by atoms with van der Waals surface area (Å²) in [6.07, 6.45) is 5.31. The molecular weight excluding hydrogens is 236 g/mol. The third-order valence-corrected chi connectivity index (χ3v) is 2.84. The van der Waals surface area contributed by atoms with E-state index < -0.39 is 0 Å². The predicted molar refractivity (Wildman–Crippen MR) is 67.8 cm³/mol. The molecule has 0 aliphatic carbocycles. The van der Waals surface area contributed by atoms with E-state index in [1.165, 1.54) is 0 Å². The van der Waals surface area contributed by atoms with Gasteiger partial charge in [0.05, 0.1) is 5.52 Å². The largest absolute Gasteiger partial charge is 0.399 e. The fourth-order valence-corrected chi connectivity index (χ4v) is 1.99. The van der Waals surface area contributed by atoms with E-state index in [-0.39, 0.29) is 0 Å². The second-order valence-corrected chi connectivity index (χ2v) is 4.04. The maximum Gasteiger partial charge on any atom is 0.155 e. The number of rotatable bonds is 1. The summed E-state index contributed by atoms with van der Waals surface area (Å²) >= 11 is 6.10. The zero-order chi connectivity index (χ0) is 11.8. The Bertz CT molecular complexity index is 676. The first-order valence-electron chi connectivity index (χ1n) is 5.09. The smallest absolute Gasteiger partial charge is 0.155 e. The van der Waals surface area contributed by atoms with Crippen LogP contribution in [0.1, 0.15) is 0 Å². The second-order valence-electron chi connectivity index (χ2n) is 3.68. The molecule has 0 atom stereocenters. The Morgan fingerprint density at radius 3 is 2.71 bits per heavy atom. The van der Waals surface area contributed by atoms with Crippen LogP contribution in [-0.4, -0.2) is 14.4 Å². The Morgan fingerprint density at radius 1 is 1.18 bits per heavy atom. The van der Waals surface area contributed by atoms with Gasteiger partial charge in [0, 0.05) is 29.8 Å². The van der Waals surface area contributed by atoms with Crippen molar-refractivity contribution >= 4 is 22.8 Å². The molecule has 0 radical (unpaired) electrons. The molecule has 0 saturated carbocycles. The lowest BCUT2D eigenvalue weighted by Crippen LogP contribution is -1.91. The van der Waals surface area contributed by atoms with E-state index in [1.807, 2.05) is 28.8 Å². The van der Waals surface area contributed by atoms with Crippen LogP contribution in [-0.2, 0) is 0 Å². The zero-order valence-corrected chi connectivity index (χ0v) is 9.59. The maximum absolute atomic E-state index is 6.10. The highest BCUT2D eigenvalue weighted by Crippen LogP contribution is 2.26. The molecule has 0 saturated heterocycles. The van der Waals surface area contributed by atoms with Crippen LogP contribution in [0.4, 0.5) is 5.69 Å². The van der Waals surface area contributed by atoms with Gasteiger partial charge in [-0.05, 0) is 24.3 Å². The van der Waals surface area contributed by atoms with Crippen molar-refractivity contribution in [1.82, 2.24) is 14.4 Å². The standard InChI is InChI=1S/C12H9ClN4/c13-11-10-7-9(14)3-6-17(10)12(16-11)8-1-4-15-5-2-8/h1-7H,14H2. The van der Waals surface area contributed by atoms with E-state index in [0.717, 1.165) is 16.9 Å². The molecule has 3 rings (SSSR count). The number of pyridine rings is 2. The topological polar surface area (TPSA) is 56.2 Å². The molecule has 0 spiro atoms. The minimum atomic E-state index is 0.448. The molecule has 3 aromatic heterocycles. The van der Waals surface area contributed by atoms with Gasteiger partial charge < -0.3 is 5.73 Å². The van der Waals surface area contributed by atoms with E-state index in [1.54, 1.807) is 18.5 Å². The highest BCUT2D eigenvalue weighted by molar-refractivity contribution is 6.33. The molecule has 0 bridgehead atoms. The maximum atomic E-state index is 6.10. The van der Waals surface area contributed by atoms with Gasteiger partial charge in [0.15, 0.2) is 5.15 Å². The molecule has 5 heteroatoms. The van der Waals surface area contributed by atoms with Crippen LogP contribution >= 0.6 is 11.6 Å². The van der Waals surface area contributed by atoms with Gasteiger partial charge >= 0.3 is 0 Å². The third kappa shape index (κ3) is 1.62. The summed E-state index contributed by atoms with van der Waals surface area (Å²) in [6.45, 7) is 0. The summed E-state index contributed by atoms with van der Waals surface area (Å²) in [4.78, 5) is 8.33. The Hall–Kier alpha value is -2.07. The minimum absolute atomic E-state index is 0.448. The van der Waals surface area contributed by atoms with Crippen molar-refractivity contribution in [3.8, 4) is 11.4 Å². The van der Waals surface area contributed by atoms with Crippen LogP contribution in [0.5, 0.6) is 0 Å². The molecule has 4 nitrogen and oxygen atoms in total. The highest BCUT2D eigenvalue weighted by Gasteiger charge is 2.10. The summed E-state index contributed by atoms with van der Waals surface area (Å²) in [7, 11) is 0. The van der Waals surface area contributed by atoms with Crippen molar-refractivity contribution in [3.05, 3.63) is 48.0 Å². The van der Waals surface area contributed by atoms with Gasteiger partial charge in [0.1, 0.15) is 5.82 Å². The van der Waals surface area contributed by atoms with Crippen molar-refractivity contribution in [2.24, 2.45) is 0 Å². The van der Waals surface area contributed by atoms with Crippen LogP contribution < -0.4 is 5.73 Å². The number of aromatic nitrogens is 3. The van der Waals surface area contributed by atoms with Crippen LogP contribution in [0.3, 0.4) is 0 Å². The average Bonchev–Trinajstić information content (AvgIpc) is 2.68. The first-order valence-corrected chi connectivity index (χ1v) is 5.47. The molecule has 3 aromatic rings. The number of nitrogen functional groups attached to an aromatic ring is 1. The number of fused-ring (bicyclic) bond motifs is 1. The monoisotopic (exact) mass is 244 g/mol. The first kappa shape index (κ1) is 10.1. The van der Waals surface area contributed by atoms with Gasteiger partial charge in [-0.2, -0.15) is 0 Å². The SMILES string of the molecule is Nc1ccn2c(-c3ccncc3)nc(Cl)c2c1. The fourth-order valence-electron chi connectivity index (χ4n) is 1.77. The van der Waals surface area contributed by atoms with Gasteiger partial charge in [0.25, 0.3) is 0 Å². The molecule has 3 heterocycles. The van der Waals surface area contributed by atoms with E-state index >= 15 is 0 Å². The van der Waals surface area contributed by atoms with Crippen molar-refractivity contribution in [3.63, 3.8) is 0 Å². The van der Waals surface area contributed by atoms with Crippen LogP contribution in [0.15, 0.2) is 42.9 Å². The zero-order valence-electron chi connectivity index (χ0n) is 8.84. The van der Waals surface area contributed by atoms with Crippen molar-refractivity contribution in [2.75, 3.05) is 5.73 Å². The molecular formula is C12H9ClN4. The number of hydrogen-bond donors (Lipinski definition) is 1. The summed E-state index contributed by atoms with van der Waals surface area (Å²) in [6, 6.07) is 7.40. The number of nitrogens with two attached hydrogens (primary N) is 1. The normalized spacial score (nSPS) is 10.9. The molecule has 0 aliphatic rings. The molecule has 2 N–H and O–H groups in total. The highest BCUT2D eigenvalue weighted by atomic mass is 35.5. The van der Waals surface area contributed by atoms with Gasteiger partial charge in [-0.25, -0.2) is 4.98 Å². The third-order valence-electron chi connectivity index (χ3n) is 2.56. The average molecular weight is 245 g/mol. The van der Waals surface area contributed by atoms with Gasteiger partial charge in [-0.15, -0.1) is 0 Å². The summed E-state index contributed by atoms with van der Waals surface area (Å²) in [5, 5.41) is 0.448. The van der Waals surface area contributed by atoms with E-state index in [2.05, 4.69) is 9.97 Å². The van der Waals surface area contributed by atoms with Gasteiger partial charge in [-0.1, -0.05) is 11.6 Å². The Balaban J connectivity index is 2.32. The van der Waals surface area contributed by atoms with Crippen LogP contribution in [0.25, 0.3) is 16.9 Å². The molecule has 0 fully saturated rings. The minimum Gasteiger partial charge on any atom is -0.399 e. The van der Waals surface area contributed by atoms with Crippen molar-refractivity contribution in [1.29, 1.82) is 0 Å². The summed E-state index contributed by atoms with van der Waals surface area (Å²) < 4.78 is 1.91. The fraction of sp³-hybridized carbons (Fsp3) is 0. The Kier molecular flexibility index (Phi) is 2.23. The molecule has 0 amide bonds. The quantitative estimate of drug-likeness (QED) is 0.716. The van der Waals surface area contributed by atoms with Crippen LogP contribution in [0.2, 0.25) is 5.15 Å². The van der Waals surface area contributed by atoms with Crippen molar-refractivity contribution < 1.29 is 0 Å². The number of hydrogen-bond acceptors (Lipinski definition) is 3. The lowest BCUT2D eigenvalue weighted by atomic mass is 10.2. The number of anilines is 1. The molecule has 84 valence electrons. The summed E-state index contributed by atoms with van der Waals surface area (Å²) in [5.41, 5.74) is 8.17. The van der Waals surface area contributed by atoms with Gasteiger partial charge in [-0.3, -0.25) is 9.38 Å². The number of nitrogens with zero attached hydrogens (tertiary/aromatic N) is 3. The molecule has 17 heavy (non-hydrogen) atoms. The lowest BCUT2D eigenvalue weighted by molar-refractivity contribution is 1.16. The molecule has 0 aliphatic heterocycles. The first-order chi connectivity index (χ1) is 8.25. The molecule has 0 aromatic carbocycles. The predicted octanol–water partition coefficient (Wildman–Crippen LogP) is 2.63. The van der Waals surface area contributed by atoms with Crippen molar-refractivity contribution in [2.45, 2.75) is 0 Å².